The van der Waals surface area contributed by atoms with Gasteiger partial charge in [-0.05, 0) is 46.1 Å². The number of amides is 1. The van der Waals surface area contributed by atoms with Crippen LogP contribution in [0.5, 0.6) is 0 Å². The Labute approximate surface area is 107 Å². The third-order valence-corrected chi connectivity index (χ3v) is 3.15. The highest BCUT2D eigenvalue weighted by Gasteiger charge is 2.27. The van der Waals surface area contributed by atoms with E-state index in [1.807, 2.05) is 27.7 Å². The predicted molar refractivity (Wildman–Crippen MR) is 70.0 cm³/mol. The minimum absolute atomic E-state index is 0.137. The van der Waals surface area contributed by atoms with Crippen molar-refractivity contribution in [1.82, 2.24) is 10.3 Å². The highest BCUT2D eigenvalue weighted by Crippen LogP contribution is 2.26. The quantitative estimate of drug-likeness (QED) is 0.801. The van der Waals surface area contributed by atoms with Crippen molar-refractivity contribution in [3.8, 4) is 0 Å². The fraction of sp³-hybridized carbons (Fsp3) is 0.571. The number of carbonyl (C=O) groups excluding carboxylic acids is 2. The maximum absolute atomic E-state index is 12.2. The Morgan fingerprint density at radius 1 is 1.28 bits per heavy atom. The van der Waals surface area contributed by atoms with E-state index in [9.17, 15) is 9.59 Å². The van der Waals surface area contributed by atoms with E-state index in [2.05, 4.69) is 10.3 Å². The van der Waals surface area contributed by atoms with Crippen molar-refractivity contribution in [1.29, 1.82) is 0 Å². The fourth-order valence-electron chi connectivity index (χ4n) is 2.40. The molecule has 4 nitrogen and oxygen atoms in total. The number of rotatable bonds is 1. The zero-order chi connectivity index (χ0) is 13.5. The van der Waals surface area contributed by atoms with E-state index < -0.39 is 0 Å². The topological polar surface area (TPSA) is 62.0 Å². The van der Waals surface area contributed by atoms with Crippen molar-refractivity contribution in [2.45, 2.75) is 52.5 Å². The lowest BCUT2D eigenvalue weighted by Gasteiger charge is -2.20. The highest BCUT2D eigenvalue weighted by molar-refractivity contribution is 6.04. The van der Waals surface area contributed by atoms with Crippen molar-refractivity contribution in [3.05, 3.63) is 22.5 Å². The first-order valence-corrected chi connectivity index (χ1v) is 6.37. The molecule has 0 unspecified atom stereocenters. The molecule has 1 heterocycles. The second-order valence-corrected chi connectivity index (χ2v) is 5.96. The van der Waals surface area contributed by atoms with Crippen LogP contribution in [0.2, 0.25) is 0 Å². The van der Waals surface area contributed by atoms with Crippen LogP contribution in [0.4, 0.5) is 0 Å². The number of carbonyl (C=O) groups is 2. The Hall–Kier alpha value is -1.58. The molecular weight excluding hydrogens is 228 g/mol. The second-order valence-electron chi connectivity index (χ2n) is 5.96. The molecule has 0 fully saturated rings. The summed E-state index contributed by atoms with van der Waals surface area (Å²) in [6.45, 7) is 7.66. The molecule has 1 aromatic rings. The van der Waals surface area contributed by atoms with E-state index in [1.54, 1.807) is 0 Å². The zero-order valence-corrected chi connectivity index (χ0v) is 11.4. The number of aromatic amines is 1. The number of ketones is 1. The Balaban J connectivity index is 2.36. The van der Waals surface area contributed by atoms with Gasteiger partial charge in [0.1, 0.15) is 5.69 Å². The summed E-state index contributed by atoms with van der Waals surface area (Å²) >= 11 is 0. The molecular formula is C14H20N2O2. The van der Waals surface area contributed by atoms with Gasteiger partial charge in [0.05, 0.1) is 0 Å². The van der Waals surface area contributed by atoms with Gasteiger partial charge in [-0.1, -0.05) is 0 Å². The van der Waals surface area contributed by atoms with Crippen LogP contribution in [-0.2, 0) is 6.42 Å². The maximum Gasteiger partial charge on any atom is 0.268 e. The zero-order valence-electron chi connectivity index (χ0n) is 11.4. The monoisotopic (exact) mass is 248 g/mol. The van der Waals surface area contributed by atoms with Crippen LogP contribution >= 0.6 is 0 Å². The van der Waals surface area contributed by atoms with Crippen LogP contribution in [0.3, 0.4) is 0 Å². The molecule has 2 N–H and O–H groups in total. The van der Waals surface area contributed by atoms with Crippen molar-refractivity contribution < 1.29 is 9.59 Å². The Kier molecular flexibility index (Phi) is 3.05. The number of hydrogen-bond donors (Lipinski definition) is 2. The summed E-state index contributed by atoms with van der Waals surface area (Å²) in [7, 11) is 0. The first kappa shape index (κ1) is 12.9. The molecule has 1 aliphatic carbocycles. The van der Waals surface area contributed by atoms with Gasteiger partial charge >= 0.3 is 0 Å². The summed E-state index contributed by atoms with van der Waals surface area (Å²) in [6, 6.07) is 0. The summed E-state index contributed by atoms with van der Waals surface area (Å²) in [5.74, 6) is 0.0157. The lowest BCUT2D eigenvalue weighted by Crippen LogP contribution is -2.41. The van der Waals surface area contributed by atoms with Gasteiger partial charge in [-0.2, -0.15) is 0 Å². The molecule has 1 aliphatic rings. The van der Waals surface area contributed by atoms with Gasteiger partial charge < -0.3 is 10.3 Å². The molecule has 1 amide bonds. The summed E-state index contributed by atoms with van der Waals surface area (Å²) in [6.07, 6.45) is 2.31. The van der Waals surface area contributed by atoms with Gasteiger partial charge in [0.2, 0.25) is 0 Å². The van der Waals surface area contributed by atoms with E-state index in [4.69, 9.17) is 0 Å². The minimum atomic E-state index is -0.279. The maximum atomic E-state index is 12.2. The molecule has 1 aromatic heterocycles. The van der Waals surface area contributed by atoms with Crippen LogP contribution in [0.25, 0.3) is 0 Å². The first-order valence-electron chi connectivity index (χ1n) is 6.37. The summed E-state index contributed by atoms with van der Waals surface area (Å²) in [5.41, 5.74) is 2.70. The molecule has 0 aromatic carbocycles. The highest BCUT2D eigenvalue weighted by atomic mass is 16.2. The molecule has 0 saturated carbocycles. The second kappa shape index (κ2) is 4.26. The number of hydrogen-bond acceptors (Lipinski definition) is 2. The molecule has 2 rings (SSSR count). The molecule has 0 spiro atoms. The van der Waals surface area contributed by atoms with Crippen molar-refractivity contribution in [2.24, 2.45) is 0 Å². The van der Waals surface area contributed by atoms with E-state index in [1.165, 1.54) is 0 Å². The van der Waals surface area contributed by atoms with Crippen LogP contribution in [0.15, 0.2) is 0 Å². The lowest BCUT2D eigenvalue weighted by atomic mass is 9.93. The van der Waals surface area contributed by atoms with Crippen LogP contribution < -0.4 is 5.32 Å². The normalized spacial score (nSPS) is 15.4. The van der Waals surface area contributed by atoms with Crippen LogP contribution in [0.1, 0.15) is 65.7 Å². The van der Waals surface area contributed by atoms with Gasteiger partial charge in [-0.25, -0.2) is 0 Å². The summed E-state index contributed by atoms with van der Waals surface area (Å²) in [5, 5.41) is 2.92. The molecule has 0 atom stereocenters. The Bertz CT molecular complexity index is 507. The van der Waals surface area contributed by atoms with E-state index in [-0.39, 0.29) is 17.2 Å². The molecule has 18 heavy (non-hydrogen) atoms. The molecule has 0 radical (unpaired) electrons. The number of aryl methyl sites for hydroxylation is 1. The van der Waals surface area contributed by atoms with Crippen LogP contribution in [0, 0.1) is 6.92 Å². The number of Topliss-reactive ketones (excluding diaryl/α,β-unsaturated/α-hetero) is 1. The smallest absolute Gasteiger partial charge is 0.268 e. The van der Waals surface area contributed by atoms with Gasteiger partial charge in [-0.3, -0.25) is 9.59 Å². The van der Waals surface area contributed by atoms with E-state index in [0.29, 0.717) is 12.1 Å². The Morgan fingerprint density at radius 2 is 1.94 bits per heavy atom. The van der Waals surface area contributed by atoms with Gasteiger partial charge in [-0.15, -0.1) is 0 Å². The number of aromatic nitrogens is 1. The SMILES string of the molecule is Cc1c(C(=O)NC(C)(C)C)[nH]c2c1C(=O)CCC2. The van der Waals surface area contributed by atoms with Crippen molar-refractivity contribution >= 4 is 11.7 Å². The third kappa shape index (κ3) is 2.33. The lowest BCUT2D eigenvalue weighted by molar-refractivity contribution is 0.0913. The number of H-pyrrole nitrogens is 1. The molecule has 98 valence electrons. The predicted octanol–water partition coefficient (Wildman–Crippen LogP) is 2.37. The van der Waals surface area contributed by atoms with Gasteiger partial charge in [0, 0.05) is 23.2 Å². The van der Waals surface area contributed by atoms with Crippen LogP contribution in [-0.4, -0.2) is 22.2 Å². The summed E-state index contributed by atoms with van der Waals surface area (Å²) in [4.78, 5) is 27.1. The molecule has 0 bridgehead atoms. The average molecular weight is 248 g/mol. The summed E-state index contributed by atoms with van der Waals surface area (Å²) < 4.78 is 0. The first-order chi connectivity index (χ1) is 8.29. The molecule has 4 heteroatoms. The van der Waals surface area contributed by atoms with E-state index in [0.717, 1.165) is 29.7 Å². The Morgan fingerprint density at radius 3 is 2.50 bits per heavy atom. The molecule has 0 aliphatic heterocycles. The van der Waals surface area contributed by atoms with E-state index >= 15 is 0 Å². The van der Waals surface area contributed by atoms with Crippen molar-refractivity contribution in [3.63, 3.8) is 0 Å². The van der Waals surface area contributed by atoms with Crippen molar-refractivity contribution in [2.75, 3.05) is 0 Å². The molecule has 0 saturated heterocycles. The fourth-order valence-corrected chi connectivity index (χ4v) is 2.40. The standard InChI is InChI=1S/C14H20N2O2/c1-8-11-9(6-5-7-10(11)17)15-12(8)13(18)16-14(2,3)4/h15H,5-7H2,1-4H3,(H,16,18). The number of fused-ring (bicyclic) bond motifs is 1. The average Bonchev–Trinajstić information content (AvgIpc) is 2.55. The third-order valence-electron chi connectivity index (χ3n) is 3.15. The minimum Gasteiger partial charge on any atom is -0.354 e. The van der Waals surface area contributed by atoms with Gasteiger partial charge in [0.15, 0.2) is 5.78 Å². The largest absolute Gasteiger partial charge is 0.354 e. The van der Waals surface area contributed by atoms with Gasteiger partial charge in [0.25, 0.3) is 5.91 Å². The number of nitrogens with one attached hydrogen (secondary N) is 2.